The molecule has 0 amide bonds. The van der Waals surface area contributed by atoms with Crippen molar-refractivity contribution >= 4 is 23.2 Å². The van der Waals surface area contributed by atoms with Crippen molar-refractivity contribution in [3.63, 3.8) is 0 Å². The summed E-state index contributed by atoms with van der Waals surface area (Å²) < 4.78 is 5.56. The Morgan fingerprint density at radius 2 is 2.22 bits per heavy atom. The van der Waals surface area contributed by atoms with E-state index in [1.165, 1.54) is 0 Å². The van der Waals surface area contributed by atoms with Crippen molar-refractivity contribution in [2.24, 2.45) is 5.92 Å². The lowest BCUT2D eigenvalue weighted by Gasteiger charge is -2.20. The van der Waals surface area contributed by atoms with Gasteiger partial charge in [0.25, 0.3) is 0 Å². The van der Waals surface area contributed by atoms with Crippen LogP contribution in [0.1, 0.15) is 31.9 Å². The van der Waals surface area contributed by atoms with E-state index in [4.69, 9.17) is 27.9 Å². The van der Waals surface area contributed by atoms with Crippen molar-refractivity contribution in [2.45, 2.75) is 32.4 Å². The second-order valence-electron chi connectivity index (χ2n) is 4.92. The van der Waals surface area contributed by atoms with Crippen LogP contribution in [-0.2, 0) is 4.74 Å². The summed E-state index contributed by atoms with van der Waals surface area (Å²) in [6.07, 6.45) is 1.48. The number of hydrogen-bond acceptors (Lipinski definition) is 2. The van der Waals surface area contributed by atoms with Gasteiger partial charge in [-0.25, -0.2) is 0 Å². The Morgan fingerprint density at radius 1 is 1.44 bits per heavy atom. The van der Waals surface area contributed by atoms with Crippen LogP contribution in [0.4, 0.5) is 0 Å². The molecule has 3 atom stereocenters. The summed E-state index contributed by atoms with van der Waals surface area (Å²) in [5, 5.41) is 5.00. The number of hydrogen-bond donors (Lipinski definition) is 1. The quantitative estimate of drug-likeness (QED) is 0.901. The van der Waals surface area contributed by atoms with E-state index >= 15 is 0 Å². The molecule has 18 heavy (non-hydrogen) atoms. The molecular formula is C14H19Cl2NO. The average Bonchev–Trinajstić information content (AvgIpc) is 2.75. The molecule has 0 radical (unpaired) electrons. The Balaban J connectivity index is 1.94. The molecule has 3 unspecified atom stereocenters. The third-order valence-corrected chi connectivity index (χ3v) is 4.22. The fourth-order valence-electron chi connectivity index (χ4n) is 2.33. The van der Waals surface area contributed by atoms with Gasteiger partial charge in [0.2, 0.25) is 0 Å². The fourth-order valence-corrected chi connectivity index (χ4v) is 2.79. The Kier molecular flexibility index (Phi) is 4.91. The van der Waals surface area contributed by atoms with Crippen LogP contribution >= 0.6 is 23.2 Å². The van der Waals surface area contributed by atoms with Crippen LogP contribution in [0.25, 0.3) is 0 Å². The van der Waals surface area contributed by atoms with Crippen LogP contribution in [0.15, 0.2) is 18.2 Å². The van der Waals surface area contributed by atoms with Crippen LogP contribution in [0.5, 0.6) is 0 Å². The highest BCUT2D eigenvalue weighted by atomic mass is 35.5. The number of rotatable bonds is 4. The van der Waals surface area contributed by atoms with E-state index in [1.807, 2.05) is 18.2 Å². The van der Waals surface area contributed by atoms with Gasteiger partial charge in [0, 0.05) is 29.2 Å². The molecule has 1 fully saturated rings. The Morgan fingerprint density at radius 3 is 2.89 bits per heavy atom. The van der Waals surface area contributed by atoms with Crippen molar-refractivity contribution in [3.05, 3.63) is 33.8 Å². The summed E-state index contributed by atoms with van der Waals surface area (Å²) in [6.45, 7) is 6.07. The molecule has 1 saturated heterocycles. The largest absolute Gasteiger partial charge is 0.378 e. The first-order chi connectivity index (χ1) is 8.58. The standard InChI is InChI=1S/C14H19Cl2NO/c1-9(13-7-12(15)3-4-14(13)16)17-8-11-5-6-18-10(11)2/h3-4,7,9-11,17H,5-6,8H2,1-2H3. The summed E-state index contributed by atoms with van der Waals surface area (Å²) in [5.41, 5.74) is 1.05. The molecule has 0 saturated carbocycles. The van der Waals surface area contributed by atoms with E-state index in [-0.39, 0.29) is 6.04 Å². The molecule has 1 aliphatic rings. The summed E-state index contributed by atoms with van der Waals surface area (Å²) in [5.74, 6) is 0.588. The third kappa shape index (κ3) is 3.39. The molecule has 0 aromatic heterocycles. The van der Waals surface area contributed by atoms with Crippen LogP contribution in [0.2, 0.25) is 10.0 Å². The lowest BCUT2D eigenvalue weighted by molar-refractivity contribution is 0.105. The predicted molar refractivity (Wildman–Crippen MR) is 76.4 cm³/mol. The average molecular weight is 288 g/mol. The van der Waals surface area contributed by atoms with E-state index in [2.05, 4.69) is 19.2 Å². The lowest BCUT2D eigenvalue weighted by atomic mass is 10.0. The molecule has 100 valence electrons. The van der Waals surface area contributed by atoms with Crippen molar-refractivity contribution in [3.8, 4) is 0 Å². The third-order valence-electron chi connectivity index (χ3n) is 3.64. The lowest BCUT2D eigenvalue weighted by Crippen LogP contribution is -2.29. The number of nitrogens with one attached hydrogen (secondary N) is 1. The second-order valence-corrected chi connectivity index (χ2v) is 5.76. The zero-order valence-corrected chi connectivity index (χ0v) is 12.3. The minimum Gasteiger partial charge on any atom is -0.378 e. The molecule has 2 nitrogen and oxygen atoms in total. The highest BCUT2D eigenvalue weighted by molar-refractivity contribution is 6.33. The van der Waals surface area contributed by atoms with E-state index in [9.17, 15) is 0 Å². The van der Waals surface area contributed by atoms with Crippen molar-refractivity contribution in [2.75, 3.05) is 13.2 Å². The highest BCUT2D eigenvalue weighted by Gasteiger charge is 2.24. The molecule has 0 bridgehead atoms. The summed E-state index contributed by atoms with van der Waals surface area (Å²) in [4.78, 5) is 0. The van der Waals surface area contributed by atoms with Gasteiger partial charge in [-0.15, -0.1) is 0 Å². The summed E-state index contributed by atoms with van der Waals surface area (Å²) in [6, 6.07) is 5.78. The number of halogens is 2. The van der Waals surface area contributed by atoms with E-state index in [0.29, 0.717) is 12.0 Å². The van der Waals surface area contributed by atoms with E-state index < -0.39 is 0 Å². The minimum atomic E-state index is 0.198. The monoisotopic (exact) mass is 287 g/mol. The molecule has 1 N–H and O–H groups in total. The van der Waals surface area contributed by atoms with Crippen LogP contribution in [-0.4, -0.2) is 19.3 Å². The Hall–Kier alpha value is -0.280. The van der Waals surface area contributed by atoms with E-state index in [1.54, 1.807) is 0 Å². The van der Waals surface area contributed by atoms with Crippen LogP contribution in [0.3, 0.4) is 0 Å². The number of benzene rings is 1. The van der Waals surface area contributed by atoms with Gasteiger partial charge < -0.3 is 10.1 Å². The molecule has 1 aromatic rings. The Labute approximate surface area is 119 Å². The molecule has 0 spiro atoms. The topological polar surface area (TPSA) is 21.3 Å². The first-order valence-corrected chi connectivity index (χ1v) is 7.13. The molecule has 0 aliphatic carbocycles. The van der Waals surface area contributed by atoms with Gasteiger partial charge in [0.1, 0.15) is 0 Å². The summed E-state index contributed by atoms with van der Waals surface area (Å²) in [7, 11) is 0. The maximum absolute atomic E-state index is 6.19. The smallest absolute Gasteiger partial charge is 0.0588 e. The zero-order valence-electron chi connectivity index (χ0n) is 10.7. The normalized spacial score (nSPS) is 25.3. The SMILES string of the molecule is CC(NCC1CCOC1C)c1cc(Cl)ccc1Cl. The fraction of sp³-hybridized carbons (Fsp3) is 0.571. The maximum atomic E-state index is 6.19. The molecule has 1 aliphatic heterocycles. The van der Waals surface area contributed by atoms with Crippen LogP contribution < -0.4 is 5.32 Å². The minimum absolute atomic E-state index is 0.198. The highest BCUT2D eigenvalue weighted by Crippen LogP contribution is 2.27. The predicted octanol–water partition coefficient (Wildman–Crippen LogP) is 4.07. The van der Waals surface area contributed by atoms with E-state index in [0.717, 1.165) is 35.2 Å². The zero-order chi connectivity index (χ0) is 13.1. The number of ether oxygens (including phenoxy) is 1. The van der Waals surface area contributed by atoms with Crippen LogP contribution in [0, 0.1) is 5.92 Å². The second kappa shape index (κ2) is 6.25. The van der Waals surface area contributed by atoms with Crippen molar-refractivity contribution in [1.82, 2.24) is 5.32 Å². The Bertz CT molecular complexity index is 411. The van der Waals surface area contributed by atoms with Gasteiger partial charge in [-0.3, -0.25) is 0 Å². The first-order valence-electron chi connectivity index (χ1n) is 6.38. The molecule has 2 rings (SSSR count). The molecule has 4 heteroatoms. The van der Waals surface area contributed by atoms with Gasteiger partial charge in [-0.1, -0.05) is 23.2 Å². The molecular weight excluding hydrogens is 269 g/mol. The van der Waals surface area contributed by atoms with Gasteiger partial charge >= 0.3 is 0 Å². The maximum Gasteiger partial charge on any atom is 0.0588 e. The molecule has 1 heterocycles. The van der Waals surface area contributed by atoms with Gasteiger partial charge in [0.15, 0.2) is 0 Å². The van der Waals surface area contributed by atoms with Crippen molar-refractivity contribution < 1.29 is 4.74 Å². The van der Waals surface area contributed by atoms with Crippen molar-refractivity contribution in [1.29, 1.82) is 0 Å². The summed E-state index contributed by atoms with van der Waals surface area (Å²) >= 11 is 12.2. The van der Waals surface area contributed by atoms with Gasteiger partial charge in [0.05, 0.1) is 6.10 Å². The van der Waals surface area contributed by atoms with Gasteiger partial charge in [-0.2, -0.15) is 0 Å². The van der Waals surface area contributed by atoms with Gasteiger partial charge in [-0.05, 0) is 49.9 Å². The first kappa shape index (κ1) is 14.1. The molecule has 1 aromatic carbocycles.